The fraction of sp³-hybridized carbons (Fsp3) is 1.00. The molecule has 0 atom stereocenters. The van der Waals surface area contributed by atoms with E-state index in [1.54, 1.807) is 0 Å². The van der Waals surface area contributed by atoms with E-state index >= 15 is 0 Å². The third kappa shape index (κ3) is 16.2. The summed E-state index contributed by atoms with van der Waals surface area (Å²) in [5.74, 6) is 0. The molecule has 2 fully saturated rings. The van der Waals surface area contributed by atoms with E-state index in [1.165, 1.54) is 0 Å². The van der Waals surface area contributed by atoms with Crippen LogP contribution in [-0.2, 0) is 34.2 Å². The van der Waals surface area contributed by atoms with Gasteiger partial charge in [0.1, 0.15) is 0 Å². The summed E-state index contributed by atoms with van der Waals surface area (Å²) in [5, 5.41) is 8.14. The van der Waals surface area contributed by atoms with Gasteiger partial charge in [0.2, 0.25) is 0 Å². The Morgan fingerprint density at radius 3 is 1.06 bits per heavy atom. The van der Waals surface area contributed by atoms with E-state index in [4.69, 9.17) is 14.4 Å². The van der Waals surface area contributed by atoms with E-state index in [0.29, 0.717) is 26.4 Å². The van der Waals surface area contributed by atoms with Crippen LogP contribution in [0.3, 0.4) is 0 Å². The molecule has 0 aromatic rings. The third-order valence-electron chi connectivity index (χ3n) is 1.10. The summed E-state index contributed by atoms with van der Waals surface area (Å²) in [6.07, 6.45) is 1.86. The first-order valence-electron chi connectivity index (χ1n) is 4.40. The summed E-state index contributed by atoms with van der Waals surface area (Å²) in [6.45, 7) is 2.61. The lowest BCUT2D eigenvalue weighted by atomic mass is 10.5. The van der Waals surface area contributed by atoms with E-state index in [-0.39, 0.29) is 0 Å². The highest BCUT2D eigenvalue weighted by Crippen LogP contribution is 1.98. The maximum Gasteiger partial charge on any atom is 0.692 e. The van der Waals surface area contributed by atoms with E-state index in [0.717, 1.165) is 12.8 Å². The van der Waals surface area contributed by atoms with Crippen molar-refractivity contribution in [2.24, 2.45) is 0 Å². The van der Waals surface area contributed by atoms with Crippen LogP contribution in [-0.4, -0.2) is 36.2 Å². The highest BCUT2D eigenvalue weighted by Gasteiger charge is 1.97. The average molecular weight is 261 g/mol. The summed E-state index contributed by atoms with van der Waals surface area (Å²) in [4.78, 5) is 31.6. The first-order valence-corrected chi connectivity index (χ1v) is 5.57. The molecule has 0 amide bonds. The van der Waals surface area contributed by atoms with Crippen molar-refractivity contribution in [3.63, 3.8) is 0 Å². The molecule has 2 aliphatic heterocycles. The van der Waals surface area contributed by atoms with Crippen LogP contribution in [0.5, 0.6) is 0 Å². The van der Waals surface area contributed by atoms with Crippen LogP contribution in [0, 0.1) is 0 Å². The van der Waals surface area contributed by atoms with Gasteiger partial charge in [-0.25, -0.2) is 19.6 Å². The molecule has 2 heterocycles. The maximum atomic E-state index is 8.70. The number of rotatable bonds is 0. The van der Waals surface area contributed by atoms with Gasteiger partial charge in [0, 0.05) is 17.4 Å². The summed E-state index contributed by atoms with van der Waals surface area (Å²) in [6, 6.07) is 0. The molecule has 0 unspecified atom stereocenters. The fourth-order valence-corrected chi connectivity index (χ4v) is 0.558. The Morgan fingerprint density at radius 2 is 1.00 bits per heavy atom. The second-order valence-corrected chi connectivity index (χ2v) is 2.89. The Kier molecular flexibility index (Phi) is 12.7. The van der Waals surface area contributed by atoms with Crippen LogP contribution >= 0.6 is 8.25 Å². The van der Waals surface area contributed by atoms with Crippen LogP contribution in [0.2, 0.25) is 0 Å². The Morgan fingerprint density at radius 1 is 0.750 bits per heavy atom. The van der Waals surface area contributed by atoms with E-state index in [9.17, 15) is 0 Å². The lowest BCUT2D eigenvalue weighted by Crippen LogP contribution is -2.08. The van der Waals surface area contributed by atoms with Crippen molar-refractivity contribution in [2.45, 2.75) is 12.8 Å². The molecule has 0 bridgehead atoms. The van der Waals surface area contributed by atoms with Crippen molar-refractivity contribution in [1.82, 2.24) is 0 Å². The predicted molar refractivity (Wildman–Crippen MR) is 47.3 cm³/mol. The van der Waals surface area contributed by atoms with Crippen LogP contribution in [0.15, 0.2) is 0 Å². The van der Waals surface area contributed by atoms with Crippen LogP contribution in [0.25, 0.3) is 0 Å². The fourth-order valence-electron chi connectivity index (χ4n) is 0.558. The van der Waals surface area contributed by atoms with E-state index in [1.807, 2.05) is 0 Å². The SMILES string of the molecule is C1COOOC1.C1COOOC1.O=[P+](O)O. The minimum atomic E-state index is -2.87. The Labute approximate surface area is 92.4 Å². The van der Waals surface area contributed by atoms with Gasteiger partial charge in [-0.05, 0) is 0 Å². The highest BCUT2D eigenvalue weighted by atomic mass is 31.1. The molecule has 2 aliphatic rings. The summed E-state index contributed by atoms with van der Waals surface area (Å²) >= 11 is 0. The van der Waals surface area contributed by atoms with Gasteiger partial charge < -0.3 is 0 Å². The first-order chi connectivity index (χ1) is 7.73. The van der Waals surface area contributed by atoms with Gasteiger partial charge in [-0.3, -0.25) is 0 Å². The lowest BCUT2D eigenvalue weighted by Gasteiger charge is -2.06. The smallest absolute Gasteiger partial charge is 0.206 e. The van der Waals surface area contributed by atoms with Crippen LogP contribution in [0.1, 0.15) is 12.8 Å². The topological polar surface area (TPSA) is 113 Å². The van der Waals surface area contributed by atoms with Crippen molar-refractivity contribution in [1.29, 1.82) is 0 Å². The molecule has 9 nitrogen and oxygen atoms in total. The van der Waals surface area contributed by atoms with Gasteiger partial charge in [-0.1, -0.05) is 10.1 Å². The predicted octanol–water partition coefficient (Wildman–Crippen LogP) is 0.168. The summed E-state index contributed by atoms with van der Waals surface area (Å²) < 4.78 is 8.70. The molecule has 0 spiro atoms. The van der Waals surface area contributed by atoms with Crippen molar-refractivity contribution in [3.8, 4) is 0 Å². The van der Waals surface area contributed by atoms with Gasteiger partial charge in [0.25, 0.3) is 0 Å². The van der Waals surface area contributed by atoms with Crippen LogP contribution in [0.4, 0.5) is 0 Å². The van der Waals surface area contributed by atoms with Crippen molar-refractivity contribution in [2.75, 3.05) is 26.4 Å². The molecule has 16 heavy (non-hydrogen) atoms. The molecule has 0 aromatic carbocycles. The molecule has 0 saturated carbocycles. The molecular formula is C6H14O9P+. The monoisotopic (exact) mass is 261 g/mol. The lowest BCUT2D eigenvalue weighted by molar-refractivity contribution is -0.532. The Balaban J connectivity index is 0.000000217. The van der Waals surface area contributed by atoms with Crippen LogP contribution < -0.4 is 0 Å². The second-order valence-electron chi connectivity index (χ2n) is 2.38. The minimum absolute atomic E-state index is 0.653. The van der Waals surface area contributed by atoms with Gasteiger partial charge in [-0.2, -0.15) is 0 Å². The molecule has 0 aliphatic carbocycles. The maximum absolute atomic E-state index is 8.70. The molecule has 2 rings (SSSR count). The molecule has 0 aromatic heterocycles. The Bertz CT molecular complexity index is 119. The number of hydrogen-bond donors (Lipinski definition) is 2. The standard InChI is InChI=1S/2C3H6O3.HO3P/c2*1-2-4-6-5-3-1;1-4(2)3/h2*1-3H2;(H-,1,2,3)/p+1. The normalized spacial score (nSPS) is 19.6. The zero-order valence-corrected chi connectivity index (χ0v) is 9.34. The first kappa shape index (κ1) is 15.8. The van der Waals surface area contributed by atoms with Crippen molar-refractivity contribution >= 4 is 8.25 Å². The van der Waals surface area contributed by atoms with Gasteiger partial charge in [0.15, 0.2) is 0 Å². The zero-order valence-electron chi connectivity index (χ0n) is 8.44. The molecule has 0 radical (unpaired) electrons. The Hall–Kier alpha value is -0.220. The quantitative estimate of drug-likeness (QED) is 0.465. The second kappa shape index (κ2) is 12.8. The summed E-state index contributed by atoms with van der Waals surface area (Å²) in [7, 11) is -2.87. The molecule has 2 N–H and O–H groups in total. The van der Waals surface area contributed by atoms with Gasteiger partial charge in [0.05, 0.1) is 26.4 Å². The van der Waals surface area contributed by atoms with Gasteiger partial charge in [-0.15, -0.1) is 9.79 Å². The largest absolute Gasteiger partial charge is 0.692 e. The van der Waals surface area contributed by atoms with E-state index in [2.05, 4.69) is 29.6 Å². The highest BCUT2D eigenvalue weighted by molar-refractivity contribution is 7.30. The van der Waals surface area contributed by atoms with Crippen molar-refractivity contribution in [3.05, 3.63) is 0 Å². The molecule has 10 heteroatoms. The van der Waals surface area contributed by atoms with E-state index < -0.39 is 8.25 Å². The minimum Gasteiger partial charge on any atom is -0.206 e. The summed E-state index contributed by atoms with van der Waals surface area (Å²) in [5.41, 5.74) is 0. The number of hydrogen-bond acceptors (Lipinski definition) is 7. The van der Waals surface area contributed by atoms with Gasteiger partial charge >= 0.3 is 8.25 Å². The molecular weight excluding hydrogens is 247 g/mol. The molecule has 96 valence electrons. The third-order valence-corrected chi connectivity index (χ3v) is 1.10. The average Bonchev–Trinajstić information content (AvgIpc) is 2.34. The molecule has 2 saturated heterocycles. The zero-order chi connectivity index (χ0) is 12.1. The van der Waals surface area contributed by atoms with Crippen molar-refractivity contribution < 1.29 is 44.0 Å².